The molecule has 0 saturated heterocycles. The minimum Gasteiger partial charge on any atom is -0.454 e. The lowest BCUT2D eigenvalue weighted by atomic mass is 10.2. The number of carbonyl (C=O) groups is 1. The summed E-state index contributed by atoms with van der Waals surface area (Å²) in [5.41, 5.74) is 3.03. The lowest BCUT2D eigenvalue weighted by Crippen LogP contribution is -2.24. The highest BCUT2D eigenvalue weighted by molar-refractivity contribution is 5.65. The summed E-state index contributed by atoms with van der Waals surface area (Å²) in [5.74, 6) is 1.40. The number of benzene rings is 1. The van der Waals surface area contributed by atoms with Gasteiger partial charge in [-0.15, -0.1) is 0 Å². The fourth-order valence-corrected chi connectivity index (χ4v) is 1.37. The maximum Gasteiger partial charge on any atom is 0.431 e. The summed E-state index contributed by atoms with van der Waals surface area (Å²) in [4.78, 5) is 15.9. The maximum absolute atomic E-state index is 10.9. The van der Waals surface area contributed by atoms with Crippen LogP contribution in [0.3, 0.4) is 0 Å². The molecule has 6 heteroatoms. The van der Waals surface area contributed by atoms with Gasteiger partial charge < -0.3 is 14.2 Å². The molecule has 2 rings (SSSR count). The Bertz CT molecular complexity index is 407. The van der Waals surface area contributed by atoms with Crippen LogP contribution in [0.2, 0.25) is 0 Å². The first-order chi connectivity index (χ1) is 8.29. The van der Waals surface area contributed by atoms with Gasteiger partial charge in [0.1, 0.15) is 6.61 Å². The topological polar surface area (TPSA) is 66.0 Å². The Hall–Kier alpha value is -1.95. The lowest BCUT2D eigenvalue weighted by molar-refractivity contribution is 0.0198. The fraction of sp³-hybridized carbons (Fsp3) is 0.364. The van der Waals surface area contributed by atoms with Gasteiger partial charge in [-0.05, 0) is 24.6 Å². The molecule has 0 radical (unpaired) electrons. The Balaban J connectivity index is 1.81. The number of hydrogen-bond acceptors (Lipinski definition) is 5. The number of rotatable bonds is 4. The summed E-state index contributed by atoms with van der Waals surface area (Å²) >= 11 is 0. The average Bonchev–Trinajstić information content (AvgIpc) is 2.76. The van der Waals surface area contributed by atoms with Gasteiger partial charge >= 0.3 is 6.09 Å². The van der Waals surface area contributed by atoms with Crippen LogP contribution in [-0.4, -0.2) is 19.5 Å². The highest BCUT2D eigenvalue weighted by Gasteiger charge is 2.13. The molecule has 1 aromatic rings. The number of hydrogen-bond donors (Lipinski definition) is 1. The fourth-order valence-electron chi connectivity index (χ4n) is 1.37. The van der Waals surface area contributed by atoms with E-state index in [-0.39, 0.29) is 13.4 Å². The first kappa shape index (κ1) is 11.5. The average molecular weight is 239 g/mol. The van der Waals surface area contributed by atoms with Crippen molar-refractivity contribution < 1.29 is 23.8 Å². The Morgan fingerprint density at radius 1 is 1.41 bits per heavy atom. The highest BCUT2D eigenvalue weighted by atomic mass is 16.7. The second kappa shape index (κ2) is 5.40. The summed E-state index contributed by atoms with van der Waals surface area (Å²) in [5, 5.41) is 0. The van der Waals surface area contributed by atoms with Gasteiger partial charge in [0.25, 0.3) is 0 Å². The van der Waals surface area contributed by atoms with E-state index in [0.29, 0.717) is 18.1 Å². The number of fused-ring (bicyclic) bond motifs is 1. The molecule has 17 heavy (non-hydrogen) atoms. The Morgan fingerprint density at radius 2 is 2.24 bits per heavy atom. The molecule has 1 amide bonds. The molecule has 0 unspecified atom stereocenters. The van der Waals surface area contributed by atoms with E-state index in [0.717, 1.165) is 5.56 Å². The van der Waals surface area contributed by atoms with Gasteiger partial charge in [0, 0.05) is 0 Å². The van der Waals surface area contributed by atoms with Crippen LogP contribution in [0.25, 0.3) is 0 Å². The van der Waals surface area contributed by atoms with E-state index in [1.807, 2.05) is 6.07 Å². The summed E-state index contributed by atoms with van der Waals surface area (Å²) < 4.78 is 15.0. The molecule has 0 aliphatic carbocycles. The van der Waals surface area contributed by atoms with E-state index in [2.05, 4.69) is 10.2 Å². The maximum atomic E-state index is 10.9. The van der Waals surface area contributed by atoms with Crippen molar-refractivity contribution in [1.82, 2.24) is 5.48 Å². The van der Waals surface area contributed by atoms with Crippen LogP contribution in [0.15, 0.2) is 18.2 Å². The van der Waals surface area contributed by atoms with Crippen molar-refractivity contribution in [1.29, 1.82) is 0 Å². The van der Waals surface area contributed by atoms with E-state index in [4.69, 9.17) is 14.3 Å². The van der Waals surface area contributed by atoms with Crippen molar-refractivity contribution in [3.8, 4) is 11.5 Å². The van der Waals surface area contributed by atoms with Crippen LogP contribution < -0.4 is 15.0 Å². The van der Waals surface area contributed by atoms with Gasteiger partial charge in [0.15, 0.2) is 11.5 Å². The van der Waals surface area contributed by atoms with Crippen LogP contribution in [0.5, 0.6) is 11.5 Å². The Morgan fingerprint density at radius 3 is 3.06 bits per heavy atom. The zero-order valence-electron chi connectivity index (χ0n) is 9.39. The van der Waals surface area contributed by atoms with Crippen molar-refractivity contribution in [2.75, 3.05) is 13.4 Å². The Labute approximate surface area is 98.4 Å². The molecule has 92 valence electrons. The second-order valence-corrected chi connectivity index (χ2v) is 3.30. The molecule has 0 saturated carbocycles. The van der Waals surface area contributed by atoms with Crippen LogP contribution >= 0.6 is 0 Å². The van der Waals surface area contributed by atoms with Gasteiger partial charge in [0.05, 0.1) is 6.61 Å². The normalized spacial score (nSPS) is 12.3. The third-order valence-corrected chi connectivity index (χ3v) is 2.11. The van der Waals surface area contributed by atoms with E-state index < -0.39 is 6.09 Å². The number of amides is 1. The summed E-state index contributed by atoms with van der Waals surface area (Å²) in [6, 6.07) is 5.43. The SMILES string of the molecule is CCOC(=O)NOCc1ccc2c(c1)OCO2. The standard InChI is InChI=1S/C11H13NO5/c1-2-14-11(13)12-17-6-8-3-4-9-10(5-8)16-7-15-9/h3-5H,2,6-7H2,1H3,(H,12,13). The van der Waals surface area contributed by atoms with Crippen molar-refractivity contribution in [3.05, 3.63) is 23.8 Å². The van der Waals surface area contributed by atoms with Gasteiger partial charge in [-0.1, -0.05) is 6.07 Å². The van der Waals surface area contributed by atoms with Crippen LogP contribution in [0, 0.1) is 0 Å². The van der Waals surface area contributed by atoms with Crippen LogP contribution in [0.1, 0.15) is 12.5 Å². The molecular weight excluding hydrogens is 226 g/mol. The van der Waals surface area contributed by atoms with Gasteiger partial charge in [0.2, 0.25) is 6.79 Å². The molecule has 1 aliphatic rings. The quantitative estimate of drug-likeness (QED) is 0.808. The lowest BCUT2D eigenvalue weighted by Gasteiger charge is -2.06. The summed E-state index contributed by atoms with van der Waals surface area (Å²) in [6.07, 6.45) is -0.603. The van der Waals surface area contributed by atoms with Crippen molar-refractivity contribution in [3.63, 3.8) is 0 Å². The number of hydroxylamine groups is 1. The molecule has 0 atom stereocenters. The molecule has 0 bridgehead atoms. The predicted octanol–water partition coefficient (Wildman–Crippen LogP) is 1.59. The largest absolute Gasteiger partial charge is 0.454 e. The first-order valence-corrected chi connectivity index (χ1v) is 5.22. The van der Waals surface area contributed by atoms with Gasteiger partial charge in [-0.25, -0.2) is 4.79 Å². The number of nitrogens with one attached hydrogen (secondary N) is 1. The summed E-state index contributed by atoms with van der Waals surface area (Å²) in [6.45, 7) is 2.49. The highest BCUT2D eigenvalue weighted by Crippen LogP contribution is 2.32. The molecule has 0 aromatic heterocycles. The smallest absolute Gasteiger partial charge is 0.431 e. The van der Waals surface area contributed by atoms with Crippen molar-refractivity contribution in [2.45, 2.75) is 13.5 Å². The van der Waals surface area contributed by atoms with Gasteiger partial charge in [-0.2, -0.15) is 5.48 Å². The van der Waals surface area contributed by atoms with Crippen molar-refractivity contribution >= 4 is 6.09 Å². The molecule has 0 fully saturated rings. The molecular formula is C11H13NO5. The van der Waals surface area contributed by atoms with E-state index >= 15 is 0 Å². The molecule has 1 heterocycles. The second-order valence-electron chi connectivity index (χ2n) is 3.30. The zero-order valence-corrected chi connectivity index (χ0v) is 9.39. The molecule has 1 aromatic carbocycles. The molecule has 6 nitrogen and oxygen atoms in total. The molecule has 1 aliphatic heterocycles. The minimum atomic E-state index is -0.603. The van der Waals surface area contributed by atoms with Crippen LogP contribution in [0.4, 0.5) is 4.79 Å². The van der Waals surface area contributed by atoms with Crippen molar-refractivity contribution in [2.24, 2.45) is 0 Å². The number of ether oxygens (including phenoxy) is 3. The first-order valence-electron chi connectivity index (χ1n) is 5.22. The minimum absolute atomic E-state index is 0.232. The van der Waals surface area contributed by atoms with Gasteiger partial charge in [-0.3, -0.25) is 4.84 Å². The van der Waals surface area contributed by atoms with Crippen LogP contribution in [-0.2, 0) is 16.2 Å². The third kappa shape index (κ3) is 3.01. The number of carbonyl (C=O) groups excluding carboxylic acids is 1. The van der Waals surface area contributed by atoms with E-state index in [1.54, 1.807) is 19.1 Å². The van der Waals surface area contributed by atoms with E-state index in [1.165, 1.54) is 0 Å². The summed E-state index contributed by atoms with van der Waals surface area (Å²) in [7, 11) is 0. The zero-order chi connectivity index (χ0) is 12.1. The Kier molecular flexibility index (Phi) is 3.66. The predicted molar refractivity (Wildman–Crippen MR) is 57.5 cm³/mol. The molecule has 0 spiro atoms. The molecule has 1 N–H and O–H groups in total. The monoisotopic (exact) mass is 239 g/mol. The third-order valence-electron chi connectivity index (χ3n) is 2.11. The van der Waals surface area contributed by atoms with E-state index in [9.17, 15) is 4.79 Å².